The van der Waals surface area contributed by atoms with Crippen molar-refractivity contribution >= 4 is 11.6 Å². The SMILES string of the molecule is CCOc1ccc(C2CC(C(=O)N(C)c3ccccc3)NN2)cc1. The lowest BCUT2D eigenvalue weighted by Crippen LogP contribution is -2.44. The van der Waals surface area contributed by atoms with Crippen molar-refractivity contribution < 1.29 is 9.53 Å². The molecule has 2 unspecified atom stereocenters. The highest BCUT2D eigenvalue weighted by Crippen LogP contribution is 2.25. The van der Waals surface area contributed by atoms with Crippen molar-refractivity contribution in [1.82, 2.24) is 10.9 Å². The summed E-state index contributed by atoms with van der Waals surface area (Å²) in [5.41, 5.74) is 8.39. The summed E-state index contributed by atoms with van der Waals surface area (Å²) in [7, 11) is 1.81. The van der Waals surface area contributed by atoms with Crippen molar-refractivity contribution in [3.05, 3.63) is 60.2 Å². The predicted octanol–water partition coefficient (Wildman–Crippen LogP) is 2.66. The third kappa shape index (κ3) is 3.58. The number of nitrogens with zero attached hydrogens (tertiary/aromatic N) is 1. The second-order valence-corrected chi connectivity index (χ2v) is 5.86. The molecular formula is C19H23N3O2. The number of benzene rings is 2. The molecule has 1 fully saturated rings. The van der Waals surface area contributed by atoms with Crippen LogP contribution in [0.15, 0.2) is 54.6 Å². The van der Waals surface area contributed by atoms with E-state index in [-0.39, 0.29) is 18.0 Å². The molecule has 1 heterocycles. The maximum Gasteiger partial charge on any atom is 0.245 e. The number of hydrazine groups is 1. The Hall–Kier alpha value is -2.37. The molecular weight excluding hydrogens is 302 g/mol. The van der Waals surface area contributed by atoms with Gasteiger partial charge in [0.1, 0.15) is 11.8 Å². The normalized spacial score (nSPS) is 19.9. The first-order valence-electron chi connectivity index (χ1n) is 8.25. The van der Waals surface area contributed by atoms with E-state index < -0.39 is 0 Å². The Morgan fingerprint density at radius 2 is 1.83 bits per heavy atom. The fraction of sp³-hybridized carbons (Fsp3) is 0.316. The zero-order valence-corrected chi connectivity index (χ0v) is 14.0. The number of carbonyl (C=O) groups is 1. The van der Waals surface area contributed by atoms with Crippen LogP contribution in [0.4, 0.5) is 5.69 Å². The summed E-state index contributed by atoms with van der Waals surface area (Å²) in [4.78, 5) is 14.4. The van der Waals surface area contributed by atoms with E-state index in [1.807, 2.05) is 68.6 Å². The van der Waals surface area contributed by atoms with Gasteiger partial charge >= 0.3 is 0 Å². The molecule has 0 bridgehead atoms. The third-order valence-electron chi connectivity index (χ3n) is 4.27. The molecule has 5 nitrogen and oxygen atoms in total. The zero-order chi connectivity index (χ0) is 16.9. The van der Waals surface area contributed by atoms with E-state index in [4.69, 9.17) is 4.74 Å². The first-order valence-corrected chi connectivity index (χ1v) is 8.25. The molecule has 1 aliphatic rings. The van der Waals surface area contributed by atoms with E-state index in [0.29, 0.717) is 13.0 Å². The van der Waals surface area contributed by atoms with Gasteiger partial charge in [0.05, 0.1) is 6.61 Å². The summed E-state index contributed by atoms with van der Waals surface area (Å²) >= 11 is 0. The molecule has 2 atom stereocenters. The monoisotopic (exact) mass is 325 g/mol. The van der Waals surface area contributed by atoms with Crippen molar-refractivity contribution in [2.45, 2.75) is 25.4 Å². The molecule has 1 saturated heterocycles. The fourth-order valence-corrected chi connectivity index (χ4v) is 2.91. The van der Waals surface area contributed by atoms with Crippen LogP contribution >= 0.6 is 0 Å². The molecule has 0 saturated carbocycles. The van der Waals surface area contributed by atoms with Crippen LogP contribution in [0.1, 0.15) is 24.9 Å². The number of hydrogen-bond acceptors (Lipinski definition) is 4. The summed E-state index contributed by atoms with van der Waals surface area (Å²) in [6.45, 7) is 2.63. The van der Waals surface area contributed by atoms with Crippen LogP contribution in [-0.2, 0) is 4.79 Å². The lowest BCUT2D eigenvalue weighted by Gasteiger charge is -2.20. The molecule has 0 spiro atoms. The third-order valence-corrected chi connectivity index (χ3v) is 4.27. The number of anilines is 1. The first kappa shape index (κ1) is 16.5. The Morgan fingerprint density at radius 1 is 1.12 bits per heavy atom. The predicted molar refractivity (Wildman–Crippen MR) is 94.9 cm³/mol. The van der Waals surface area contributed by atoms with E-state index in [9.17, 15) is 4.79 Å². The van der Waals surface area contributed by atoms with Gasteiger partial charge in [-0.2, -0.15) is 0 Å². The van der Waals surface area contributed by atoms with Gasteiger partial charge < -0.3 is 9.64 Å². The van der Waals surface area contributed by atoms with Crippen molar-refractivity contribution in [3.63, 3.8) is 0 Å². The minimum absolute atomic E-state index is 0.0575. The number of amides is 1. The van der Waals surface area contributed by atoms with E-state index in [0.717, 1.165) is 17.0 Å². The highest BCUT2D eigenvalue weighted by Gasteiger charge is 2.32. The average Bonchev–Trinajstić information content (AvgIpc) is 3.12. The smallest absolute Gasteiger partial charge is 0.245 e. The van der Waals surface area contributed by atoms with E-state index in [1.54, 1.807) is 4.90 Å². The lowest BCUT2D eigenvalue weighted by atomic mass is 10.0. The van der Waals surface area contributed by atoms with Crippen LogP contribution in [-0.4, -0.2) is 25.6 Å². The molecule has 0 radical (unpaired) electrons. The highest BCUT2D eigenvalue weighted by molar-refractivity contribution is 5.96. The van der Waals surface area contributed by atoms with E-state index in [2.05, 4.69) is 10.9 Å². The van der Waals surface area contributed by atoms with Crippen LogP contribution in [0.25, 0.3) is 0 Å². The molecule has 0 aromatic heterocycles. The summed E-state index contributed by atoms with van der Waals surface area (Å²) < 4.78 is 5.47. The van der Waals surface area contributed by atoms with Gasteiger partial charge in [0.15, 0.2) is 0 Å². The lowest BCUT2D eigenvalue weighted by molar-refractivity contribution is -0.120. The summed E-state index contributed by atoms with van der Waals surface area (Å²) in [6.07, 6.45) is 0.712. The summed E-state index contributed by atoms with van der Waals surface area (Å²) in [5, 5.41) is 0. The molecule has 5 heteroatoms. The van der Waals surface area contributed by atoms with Gasteiger partial charge in [0, 0.05) is 18.8 Å². The number of carbonyl (C=O) groups excluding carboxylic acids is 1. The second kappa shape index (κ2) is 7.47. The molecule has 3 rings (SSSR count). The largest absolute Gasteiger partial charge is 0.494 e. The van der Waals surface area contributed by atoms with E-state index in [1.165, 1.54) is 0 Å². The van der Waals surface area contributed by atoms with Gasteiger partial charge in [0.2, 0.25) is 5.91 Å². The van der Waals surface area contributed by atoms with Gasteiger partial charge in [-0.05, 0) is 43.2 Å². The fourth-order valence-electron chi connectivity index (χ4n) is 2.91. The van der Waals surface area contributed by atoms with Crippen molar-refractivity contribution in [2.24, 2.45) is 0 Å². The Labute approximate surface area is 142 Å². The van der Waals surface area contributed by atoms with Gasteiger partial charge in [-0.1, -0.05) is 30.3 Å². The minimum Gasteiger partial charge on any atom is -0.494 e. The Balaban J connectivity index is 1.63. The Morgan fingerprint density at radius 3 is 2.50 bits per heavy atom. The molecule has 1 aliphatic heterocycles. The zero-order valence-electron chi connectivity index (χ0n) is 14.0. The number of likely N-dealkylation sites (N-methyl/N-ethyl adjacent to an activating group) is 1. The first-order chi connectivity index (χ1) is 11.7. The van der Waals surface area contributed by atoms with Gasteiger partial charge in [-0.25, -0.2) is 10.9 Å². The second-order valence-electron chi connectivity index (χ2n) is 5.86. The Kier molecular flexibility index (Phi) is 5.13. The van der Waals surface area contributed by atoms with Gasteiger partial charge in [0.25, 0.3) is 0 Å². The number of ether oxygens (including phenoxy) is 1. The minimum atomic E-state index is -0.244. The number of rotatable bonds is 5. The molecule has 0 aliphatic carbocycles. The van der Waals surface area contributed by atoms with Crippen molar-refractivity contribution in [3.8, 4) is 5.75 Å². The molecule has 2 aromatic rings. The maximum atomic E-state index is 12.7. The number of hydrogen-bond donors (Lipinski definition) is 2. The van der Waals surface area contributed by atoms with Crippen LogP contribution in [0, 0.1) is 0 Å². The number of nitrogens with one attached hydrogen (secondary N) is 2. The Bertz CT molecular complexity index is 673. The molecule has 126 valence electrons. The van der Waals surface area contributed by atoms with Crippen LogP contribution in [0.3, 0.4) is 0 Å². The molecule has 1 amide bonds. The molecule has 2 N–H and O–H groups in total. The highest BCUT2D eigenvalue weighted by atomic mass is 16.5. The summed E-state index contributed by atoms with van der Waals surface area (Å²) in [5.74, 6) is 0.922. The van der Waals surface area contributed by atoms with Crippen molar-refractivity contribution in [2.75, 3.05) is 18.6 Å². The summed E-state index contributed by atoms with van der Waals surface area (Å²) in [6, 6.07) is 17.6. The van der Waals surface area contributed by atoms with Gasteiger partial charge in [-0.15, -0.1) is 0 Å². The molecule has 2 aromatic carbocycles. The maximum absolute atomic E-state index is 12.7. The van der Waals surface area contributed by atoms with Gasteiger partial charge in [-0.3, -0.25) is 4.79 Å². The van der Waals surface area contributed by atoms with E-state index >= 15 is 0 Å². The van der Waals surface area contributed by atoms with Crippen LogP contribution < -0.4 is 20.5 Å². The molecule has 24 heavy (non-hydrogen) atoms. The van der Waals surface area contributed by atoms with Crippen LogP contribution in [0.5, 0.6) is 5.75 Å². The average molecular weight is 325 g/mol. The van der Waals surface area contributed by atoms with Crippen LogP contribution in [0.2, 0.25) is 0 Å². The number of para-hydroxylation sites is 1. The standard InChI is InChI=1S/C19H23N3O2/c1-3-24-16-11-9-14(10-12-16)17-13-18(21-20-17)19(23)22(2)15-7-5-4-6-8-15/h4-12,17-18,20-21H,3,13H2,1-2H3. The topological polar surface area (TPSA) is 53.6 Å². The quantitative estimate of drug-likeness (QED) is 0.887. The van der Waals surface area contributed by atoms with Crippen molar-refractivity contribution in [1.29, 1.82) is 0 Å².